The third-order valence-electron chi connectivity index (χ3n) is 3.10. The molecule has 0 aliphatic heterocycles. The first kappa shape index (κ1) is 11.5. The van der Waals surface area contributed by atoms with E-state index in [1.807, 2.05) is 6.92 Å². The van der Waals surface area contributed by atoms with E-state index < -0.39 is 0 Å². The number of nitrogens with one attached hydrogen (secondary N) is 1. The molecule has 86 valence electrons. The smallest absolute Gasteiger partial charge is 0.0942 e. The predicted molar refractivity (Wildman–Crippen MR) is 70.3 cm³/mol. The normalized spacial score (nSPS) is 15.8. The number of rotatable bonds is 4. The first-order valence-electron chi connectivity index (χ1n) is 5.75. The third kappa shape index (κ3) is 2.59. The number of aryl methyl sites for hydroxylation is 2. The van der Waals surface area contributed by atoms with Gasteiger partial charge < -0.3 is 5.73 Å². The summed E-state index contributed by atoms with van der Waals surface area (Å²) < 4.78 is 0. The second-order valence-electron chi connectivity index (χ2n) is 4.45. The van der Waals surface area contributed by atoms with Gasteiger partial charge in [0.2, 0.25) is 0 Å². The van der Waals surface area contributed by atoms with Crippen LogP contribution in [-0.2, 0) is 12.8 Å². The quantitative estimate of drug-likeness (QED) is 0.478. The van der Waals surface area contributed by atoms with Crippen molar-refractivity contribution in [3.63, 3.8) is 0 Å². The molecule has 0 spiro atoms. The van der Waals surface area contributed by atoms with Gasteiger partial charge in [-0.05, 0) is 42.5 Å². The Morgan fingerprint density at radius 1 is 1.44 bits per heavy atom. The van der Waals surface area contributed by atoms with Crippen molar-refractivity contribution < 1.29 is 0 Å². The van der Waals surface area contributed by atoms with Gasteiger partial charge in [-0.1, -0.05) is 13.0 Å². The van der Waals surface area contributed by atoms with Crippen molar-refractivity contribution in [3.05, 3.63) is 29.3 Å². The van der Waals surface area contributed by atoms with E-state index in [-0.39, 0.29) is 11.8 Å². The van der Waals surface area contributed by atoms with Crippen molar-refractivity contribution in [2.75, 3.05) is 5.75 Å². The van der Waals surface area contributed by atoms with Crippen molar-refractivity contribution in [3.8, 4) is 0 Å². The molecular weight excluding hydrogens is 216 g/mol. The Bertz CT molecular complexity index is 401. The second kappa shape index (κ2) is 4.91. The zero-order valence-corrected chi connectivity index (χ0v) is 10.4. The summed E-state index contributed by atoms with van der Waals surface area (Å²) in [5.41, 5.74) is 8.49. The predicted octanol–water partition coefficient (Wildman–Crippen LogP) is 2.84. The molecule has 0 heterocycles. The van der Waals surface area contributed by atoms with Gasteiger partial charge >= 0.3 is 0 Å². The fourth-order valence-corrected chi connectivity index (χ4v) is 2.96. The number of fused-ring (bicyclic) bond motifs is 1. The summed E-state index contributed by atoms with van der Waals surface area (Å²) in [5.74, 6) is 1.35. The average Bonchev–Trinajstić information content (AvgIpc) is 2.72. The largest absolute Gasteiger partial charge is 0.387 e. The Balaban J connectivity index is 1.98. The second-order valence-corrected chi connectivity index (χ2v) is 5.54. The number of thioether (sulfide) groups is 1. The lowest BCUT2D eigenvalue weighted by atomic mass is 10.1. The summed E-state index contributed by atoms with van der Waals surface area (Å²) in [6.07, 6.45) is 3.77. The van der Waals surface area contributed by atoms with Crippen LogP contribution >= 0.6 is 11.8 Å². The lowest BCUT2D eigenvalue weighted by molar-refractivity contribution is 0.879. The van der Waals surface area contributed by atoms with E-state index in [1.54, 1.807) is 11.8 Å². The van der Waals surface area contributed by atoms with Gasteiger partial charge in [-0.15, -0.1) is 11.8 Å². The Morgan fingerprint density at radius 2 is 2.19 bits per heavy atom. The third-order valence-corrected chi connectivity index (χ3v) is 4.35. The molecular formula is C13H18N2S. The van der Waals surface area contributed by atoms with Crippen LogP contribution in [0.2, 0.25) is 0 Å². The van der Waals surface area contributed by atoms with E-state index in [9.17, 15) is 0 Å². The molecule has 2 rings (SSSR count). The number of benzene rings is 1. The van der Waals surface area contributed by atoms with Gasteiger partial charge in [-0.3, -0.25) is 5.41 Å². The molecule has 0 saturated heterocycles. The molecule has 0 aromatic heterocycles. The van der Waals surface area contributed by atoms with E-state index in [1.165, 1.54) is 35.3 Å². The first-order valence-corrected chi connectivity index (χ1v) is 6.74. The van der Waals surface area contributed by atoms with Crippen LogP contribution in [-0.4, -0.2) is 11.6 Å². The Hall–Kier alpha value is -0.960. The van der Waals surface area contributed by atoms with Gasteiger partial charge in [-0.2, -0.15) is 0 Å². The minimum atomic E-state index is 0.165. The summed E-state index contributed by atoms with van der Waals surface area (Å²) in [5, 5.41) is 7.35. The molecule has 16 heavy (non-hydrogen) atoms. The molecule has 3 heteroatoms. The molecule has 0 fully saturated rings. The van der Waals surface area contributed by atoms with E-state index in [0.29, 0.717) is 0 Å². The molecule has 0 radical (unpaired) electrons. The van der Waals surface area contributed by atoms with Crippen LogP contribution in [0.3, 0.4) is 0 Å². The van der Waals surface area contributed by atoms with Crippen LogP contribution in [0.15, 0.2) is 23.1 Å². The average molecular weight is 234 g/mol. The van der Waals surface area contributed by atoms with Crippen LogP contribution in [0.25, 0.3) is 0 Å². The lowest BCUT2D eigenvalue weighted by Crippen LogP contribution is -2.21. The fraction of sp³-hybridized carbons (Fsp3) is 0.462. The van der Waals surface area contributed by atoms with Gasteiger partial charge in [0.05, 0.1) is 5.84 Å². The maximum atomic E-state index is 7.35. The zero-order chi connectivity index (χ0) is 11.5. The lowest BCUT2D eigenvalue weighted by Gasteiger charge is -2.09. The Morgan fingerprint density at radius 3 is 2.94 bits per heavy atom. The van der Waals surface area contributed by atoms with Gasteiger partial charge in [0.25, 0.3) is 0 Å². The molecule has 1 aliphatic rings. The number of amidine groups is 1. The van der Waals surface area contributed by atoms with Crippen LogP contribution in [0.5, 0.6) is 0 Å². The Kier molecular flexibility index (Phi) is 3.54. The molecule has 1 aromatic carbocycles. The standard InChI is InChI=1S/C13H18N2S/c1-9(13(14)15)8-16-12-6-5-10-3-2-4-11(10)7-12/h5-7,9H,2-4,8H2,1H3,(H3,14,15). The van der Waals surface area contributed by atoms with Crippen molar-refractivity contribution in [1.82, 2.24) is 0 Å². The molecule has 1 atom stereocenters. The van der Waals surface area contributed by atoms with Crippen molar-refractivity contribution in [2.24, 2.45) is 11.7 Å². The topological polar surface area (TPSA) is 49.9 Å². The monoisotopic (exact) mass is 234 g/mol. The highest BCUT2D eigenvalue weighted by Crippen LogP contribution is 2.28. The molecule has 2 nitrogen and oxygen atoms in total. The van der Waals surface area contributed by atoms with Crippen molar-refractivity contribution in [2.45, 2.75) is 31.1 Å². The van der Waals surface area contributed by atoms with Crippen LogP contribution in [0.1, 0.15) is 24.5 Å². The molecule has 0 saturated carbocycles. The van der Waals surface area contributed by atoms with Gasteiger partial charge in [0.15, 0.2) is 0 Å². The minimum absolute atomic E-state index is 0.165. The molecule has 1 unspecified atom stereocenters. The van der Waals surface area contributed by atoms with Gasteiger partial charge in [-0.25, -0.2) is 0 Å². The summed E-state index contributed by atoms with van der Waals surface area (Å²) in [4.78, 5) is 1.31. The highest BCUT2D eigenvalue weighted by molar-refractivity contribution is 7.99. The van der Waals surface area contributed by atoms with Gasteiger partial charge in [0, 0.05) is 16.6 Å². The zero-order valence-electron chi connectivity index (χ0n) is 9.62. The summed E-state index contributed by atoms with van der Waals surface area (Å²) in [6, 6.07) is 6.75. The van der Waals surface area contributed by atoms with E-state index in [4.69, 9.17) is 11.1 Å². The summed E-state index contributed by atoms with van der Waals surface area (Å²) in [7, 11) is 0. The molecule has 0 bridgehead atoms. The van der Waals surface area contributed by atoms with E-state index >= 15 is 0 Å². The van der Waals surface area contributed by atoms with E-state index in [2.05, 4.69) is 18.2 Å². The van der Waals surface area contributed by atoms with Crippen LogP contribution < -0.4 is 5.73 Å². The van der Waals surface area contributed by atoms with Crippen LogP contribution in [0.4, 0.5) is 0 Å². The van der Waals surface area contributed by atoms with Gasteiger partial charge in [0.1, 0.15) is 0 Å². The van der Waals surface area contributed by atoms with Crippen molar-refractivity contribution in [1.29, 1.82) is 5.41 Å². The maximum Gasteiger partial charge on any atom is 0.0942 e. The molecule has 1 aromatic rings. The fourth-order valence-electron chi connectivity index (χ4n) is 1.95. The number of nitrogens with two attached hydrogens (primary N) is 1. The highest BCUT2D eigenvalue weighted by Gasteiger charge is 2.12. The van der Waals surface area contributed by atoms with Crippen LogP contribution in [0, 0.1) is 11.3 Å². The van der Waals surface area contributed by atoms with Crippen molar-refractivity contribution >= 4 is 17.6 Å². The molecule has 1 aliphatic carbocycles. The first-order chi connectivity index (χ1) is 7.66. The summed E-state index contributed by atoms with van der Waals surface area (Å²) in [6.45, 7) is 2.00. The van der Waals surface area contributed by atoms with E-state index in [0.717, 1.165) is 5.75 Å². The highest BCUT2D eigenvalue weighted by atomic mass is 32.2. The summed E-state index contributed by atoms with van der Waals surface area (Å²) >= 11 is 1.80. The number of hydrogen-bond acceptors (Lipinski definition) is 2. The maximum absolute atomic E-state index is 7.35. The molecule has 0 amide bonds. The SMILES string of the molecule is CC(CSc1ccc2c(c1)CCC2)C(=N)N. The minimum Gasteiger partial charge on any atom is -0.387 e. The number of hydrogen-bond donors (Lipinski definition) is 2. The Labute approximate surface area is 101 Å². The molecule has 3 N–H and O–H groups in total.